The molecule has 2 aromatic rings. The van der Waals surface area contributed by atoms with Gasteiger partial charge in [-0.2, -0.15) is 0 Å². The summed E-state index contributed by atoms with van der Waals surface area (Å²) in [5.41, 5.74) is 2.35. The van der Waals surface area contributed by atoms with Crippen molar-refractivity contribution in [3.63, 3.8) is 0 Å². The van der Waals surface area contributed by atoms with Gasteiger partial charge in [0.1, 0.15) is 12.4 Å². The number of methoxy groups -OCH3 is 1. The third kappa shape index (κ3) is 3.72. The Morgan fingerprint density at radius 2 is 1.81 bits per heavy atom. The largest absolute Gasteiger partial charge is 0.488 e. The fraction of sp³-hybridized carbons (Fsp3) is 0.167. The molecule has 2 aromatic carbocycles. The molecule has 0 radical (unpaired) electrons. The van der Waals surface area contributed by atoms with Crippen molar-refractivity contribution in [3.8, 4) is 5.75 Å². The van der Waals surface area contributed by atoms with Gasteiger partial charge in [-0.15, -0.1) is 0 Å². The van der Waals surface area contributed by atoms with Crippen molar-refractivity contribution in [1.29, 1.82) is 0 Å². The molecular weight excluding hydrogens is 264 g/mol. The van der Waals surface area contributed by atoms with Gasteiger partial charge in [0.05, 0.1) is 12.7 Å². The first kappa shape index (κ1) is 14.9. The summed E-state index contributed by atoms with van der Waals surface area (Å²) >= 11 is 0. The van der Waals surface area contributed by atoms with E-state index in [0.717, 1.165) is 16.9 Å². The lowest BCUT2D eigenvalue weighted by molar-refractivity contribution is 0.0597. The number of ether oxygens (including phenoxy) is 2. The highest BCUT2D eigenvalue weighted by molar-refractivity contribution is 5.90. The first-order valence-corrected chi connectivity index (χ1v) is 6.77. The van der Waals surface area contributed by atoms with Crippen molar-refractivity contribution >= 4 is 12.0 Å². The number of para-hydroxylation sites is 1. The molecule has 0 heterocycles. The number of carbonyl (C=O) groups is 1. The molecule has 0 unspecified atom stereocenters. The van der Waals surface area contributed by atoms with E-state index in [-0.39, 0.29) is 5.97 Å². The van der Waals surface area contributed by atoms with E-state index in [1.165, 1.54) is 7.11 Å². The van der Waals surface area contributed by atoms with Crippen molar-refractivity contribution in [1.82, 2.24) is 0 Å². The molecule has 0 saturated carbocycles. The van der Waals surface area contributed by atoms with Crippen LogP contribution in [0.1, 0.15) is 28.4 Å². The maximum absolute atomic E-state index is 11.7. The SMILES string of the molecule is C/C=C/c1ccccc1OCc1ccccc1C(=O)OC. The molecule has 0 aliphatic heterocycles. The second kappa shape index (κ2) is 7.29. The molecule has 0 fully saturated rings. The lowest BCUT2D eigenvalue weighted by Gasteiger charge is -2.11. The Labute approximate surface area is 124 Å². The highest BCUT2D eigenvalue weighted by Gasteiger charge is 2.11. The third-order valence-corrected chi connectivity index (χ3v) is 3.07. The van der Waals surface area contributed by atoms with Gasteiger partial charge in [0.25, 0.3) is 0 Å². The van der Waals surface area contributed by atoms with Crippen LogP contribution in [0.5, 0.6) is 5.75 Å². The van der Waals surface area contributed by atoms with Gasteiger partial charge in [-0.1, -0.05) is 48.6 Å². The summed E-state index contributed by atoms with van der Waals surface area (Å²) in [5.74, 6) is 0.436. The van der Waals surface area contributed by atoms with E-state index in [1.54, 1.807) is 6.07 Å². The van der Waals surface area contributed by atoms with Gasteiger partial charge < -0.3 is 9.47 Å². The summed E-state index contributed by atoms with van der Waals surface area (Å²) in [6, 6.07) is 15.1. The van der Waals surface area contributed by atoms with Crippen LogP contribution in [0.25, 0.3) is 6.08 Å². The molecule has 0 amide bonds. The quantitative estimate of drug-likeness (QED) is 0.775. The van der Waals surface area contributed by atoms with Crippen molar-refractivity contribution in [2.45, 2.75) is 13.5 Å². The smallest absolute Gasteiger partial charge is 0.338 e. The van der Waals surface area contributed by atoms with Crippen LogP contribution in [-0.4, -0.2) is 13.1 Å². The van der Waals surface area contributed by atoms with Crippen LogP contribution in [0.3, 0.4) is 0 Å². The van der Waals surface area contributed by atoms with Crippen LogP contribution in [-0.2, 0) is 11.3 Å². The van der Waals surface area contributed by atoms with Gasteiger partial charge in [0, 0.05) is 11.1 Å². The monoisotopic (exact) mass is 282 g/mol. The molecule has 0 aliphatic carbocycles. The molecule has 3 heteroatoms. The molecule has 21 heavy (non-hydrogen) atoms. The molecule has 0 N–H and O–H groups in total. The summed E-state index contributed by atoms with van der Waals surface area (Å²) < 4.78 is 10.6. The fourth-order valence-corrected chi connectivity index (χ4v) is 2.04. The van der Waals surface area contributed by atoms with Crippen molar-refractivity contribution in [3.05, 3.63) is 71.3 Å². The number of esters is 1. The Bertz CT molecular complexity index is 644. The van der Waals surface area contributed by atoms with E-state index in [2.05, 4.69) is 0 Å². The molecule has 0 aromatic heterocycles. The van der Waals surface area contributed by atoms with Crippen molar-refractivity contribution in [2.75, 3.05) is 7.11 Å². The molecule has 3 nitrogen and oxygen atoms in total. The summed E-state index contributed by atoms with van der Waals surface area (Å²) in [7, 11) is 1.38. The molecule has 0 saturated heterocycles. The zero-order valence-electron chi connectivity index (χ0n) is 12.2. The number of rotatable bonds is 5. The minimum absolute atomic E-state index is 0.319. The molecule has 0 aliphatic rings. The maximum Gasteiger partial charge on any atom is 0.338 e. The van der Waals surface area contributed by atoms with Gasteiger partial charge in [-0.3, -0.25) is 0 Å². The number of hydrogen-bond donors (Lipinski definition) is 0. The summed E-state index contributed by atoms with van der Waals surface area (Å²) in [6.07, 6.45) is 3.95. The first-order chi connectivity index (χ1) is 10.3. The van der Waals surface area contributed by atoms with Crippen LogP contribution in [0.4, 0.5) is 0 Å². The van der Waals surface area contributed by atoms with Gasteiger partial charge in [-0.05, 0) is 19.1 Å². The molecule has 0 bridgehead atoms. The Hall–Kier alpha value is -2.55. The zero-order valence-corrected chi connectivity index (χ0v) is 12.2. The Morgan fingerprint density at radius 3 is 2.57 bits per heavy atom. The highest BCUT2D eigenvalue weighted by Crippen LogP contribution is 2.21. The minimum Gasteiger partial charge on any atom is -0.488 e. The second-order valence-corrected chi connectivity index (χ2v) is 4.48. The minimum atomic E-state index is -0.351. The Kier molecular flexibility index (Phi) is 5.16. The van der Waals surface area contributed by atoms with E-state index in [9.17, 15) is 4.79 Å². The van der Waals surface area contributed by atoms with E-state index >= 15 is 0 Å². The number of benzene rings is 2. The number of carbonyl (C=O) groups excluding carboxylic acids is 1. The van der Waals surface area contributed by atoms with Crippen LogP contribution in [0, 0.1) is 0 Å². The first-order valence-electron chi connectivity index (χ1n) is 6.77. The van der Waals surface area contributed by atoms with E-state index in [1.807, 2.05) is 61.5 Å². The third-order valence-electron chi connectivity index (χ3n) is 3.07. The van der Waals surface area contributed by atoms with E-state index < -0.39 is 0 Å². The van der Waals surface area contributed by atoms with E-state index in [0.29, 0.717) is 12.2 Å². The van der Waals surface area contributed by atoms with Crippen LogP contribution in [0.15, 0.2) is 54.6 Å². The summed E-state index contributed by atoms with van der Waals surface area (Å²) in [4.78, 5) is 11.7. The molecule has 2 rings (SSSR count). The van der Waals surface area contributed by atoms with Crippen LogP contribution < -0.4 is 4.74 Å². The number of allylic oxidation sites excluding steroid dienone is 1. The van der Waals surface area contributed by atoms with Gasteiger partial charge in [0.15, 0.2) is 0 Å². The van der Waals surface area contributed by atoms with Crippen molar-refractivity contribution < 1.29 is 14.3 Å². The van der Waals surface area contributed by atoms with Gasteiger partial charge in [0.2, 0.25) is 0 Å². The number of hydrogen-bond acceptors (Lipinski definition) is 3. The lowest BCUT2D eigenvalue weighted by Crippen LogP contribution is -2.08. The topological polar surface area (TPSA) is 35.5 Å². The predicted octanol–water partition coefficient (Wildman–Crippen LogP) is 4.09. The zero-order chi connectivity index (χ0) is 15.1. The summed E-state index contributed by atoms with van der Waals surface area (Å²) in [6.45, 7) is 2.28. The standard InChI is InChI=1S/C18H18O3/c1-3-8-14-9-5-7-12-17(14)21-13-15-10-4-6-11-16(15)18(19)20-2/h3-12H,13H2,1-2H3/b8-3+. The average Bonchev–Trinajstić information content (AvgIpc) is 2.54. The van der Waals surface area contributed by atoms with Crippen LogP contribution in [0.2, 0.25) is 0 Å². The summed E-state index contributed by atoms with van der Waals surface area (Å²) in [5, 5.41) is 0. The molecule has 108 valence electrons. The average molecular weight is 282 g/mol. The second-order valence-electron chi connectivity index (χ2n) is 4.48. The van der Waals surface area contributed by atoms with Crippen LogP contribution >= 0.6 is 0 Å². The maximum atomic E-state index is 11.7. The molecule has 0 spiro atoms. The van der Waals surface area contributed by atoms with E-state index in [4.69, 9.17) is 9.47 Å². The molecular formula is C18H18O3. The Morgan fingerprint density at radius 1 is 1.10 bits per heavy atom. The predicted molar refractivity (Wildman–Crippen MR) is 83.3 cm³/mol. The Balaban J connectivity index is 2.19. The van der Waals surface area contributed by atoms with Gasteiger partial charge in [-0.25, -0.2) is 4.79 Å². The normalized spacial score (nSPS) is 10.6. The highest BCUT2D eigenvalue weighted by atomic mass is 16.5. The molecule has 0 atom stereocenters. The van der Waals surface area contributed by atoms with Crippen molar-refractivity contribution in [2.24, 2.45) is 0 Å². The fourth-order valence-electron chi connectivity index (χ4n) is 2.04. The lowest BCUT2D eigenvalue weighted by atomic mass is 10.1. The van der Waals surface area contributed by atoms with Gasteiger partial charge >= 0.3 is 5.97 Å².